The maximum absolute atomic E-state index is 8.87. The second kappa shape index (κ2) is 5.30. The first kappa shape index (κ1) is 11.4. The standard InChI is InChI=1S/C11H16N4/c1-4-8(2)9(3)14-11-10(7-12)5-6-13-15-11/h5-6,8-9H,4H2,1-3H3,(H,14,15). The molecule has 0 saturated heterocycles. The third kappa shape index (κ3) is 2.91. The average Bonchev–Trinajstić information content (AvgIpc) is 2.28. The second-order valence-corrected chi connectivity index (χ2v) is 3.72. The van der Waals surface area contributed by atoms with Gasteiger partial charge >= 0.3 is 0 Å². The predicted molar refractivity (Wildman–Crippen MR) is 59.3 cm³/mol. The summed E-state index contributed by atoms with van der Waals surface area (Å²) in [4.78, 5) is 0. The summed E-state index contributed by atoms with van der Waals surface area (Å²) in [6.07, 6.45) is 2.62. The van der Waals surface area contributed by atoms with Crippen molar-refractivity contribution in [1.82, 2.24) is 10.2 Å². The van der Waals surface area contributed by atoms with Crippen molar-refractivity contribution in [2.45, 2.75) is 33.2 Å². The zero-order valence-electron chi connectivity index (χ0n) is 9.36. The van der Waals surface area contributed by atoms with E-state index in [4.69, 9.17) is 5.26 Å². The van der Waals surface area contributed by atoms with Gasteiger partial charge < -0.3 is 5.32 Å². The van der Waals surface area contributed by atoms with Crippen LogP contribution in [0.3, 0.4) is 0 Å². The molecule has 0 saturated carbocycles. The van der Waals surface area contributed by atoms with E-state index >= 15 is 0 Å². The van der Waals surface area contributed by atoms with Crippen molar-refractivity contribution in [1.29, 1.82) is 5.26 Å². The molecule has 4 heteroatoms. The highest BCUT2D eigenvalue weighted by Gasteiger charge is 2.12. The fourth-order valence-corrected chi connectivity index (χ4v) is 1.24. The quantitative estimate of drug-likeness (QED) is 0.816. The molecule has 0 fully saturated rings. The molecular formula is C11H16N4. The number of nitrogens with zero attached hydrogens (tertiary/aromatic N) is 3. The molecule has 4 nitrogen and oxygen atoms in total. The molecule has 0 spiro atoms. The van der Waals surface area contributed by atoms with Crippen LogP contribution in [-0.4, -0.2) is 16.2 Å². The van der Waals surface area contributed by atoms with Crippen LogP contribution in [0.5, 0.6) is 0 Å². The summed E-state index contributed by atoms with van der Waals surface area (Å²) in [5.74, 6) is 1.12. The lowest BCUT2D eigenvalue weighted by Gasteiger charge is -2.20. The van der Waals surface area contributed by atoms with Gasteiger partial charge in [0.2, 0.25) is 0 Å². The number of hydrogen-bond donors (Lipinski definition) is 1. The largest absolute Gasteiger partial charge is 0.365 e. The number of nitrogens with one attached hydrogen (secondary N) is 1. The number of anilines is 1. The molecule has 0 bridgehead atoms. The first-order valence-corrected chi connectivity index (χ1v) is 5.17. The molecular weight excluding hydrogens is 188 g/mol. The van der Waals surface area contributed by atoms with E-state index in [-0.39, 0.29) is 0 Å². The van der Waals surface area contributed by atoms with E-state index in [0.717, 1.165) is 6.42 Å². The van der Waals surface area contributed by atoms with Crippen LogP contribution in [0.25, 0.3) is 0 Å². The van der Waals surface area contributed by atoms with Gasteiger partial charge in [0.1, 0.15) is 6.07 Å². The van der Waals surface area contributed by atoms with Crippen molar-refractivity contribution in [2.75, 3.05) is 5.32 Å². The number of rotatable bonds is 4. The Kier molecular flexibility index (Phi) is 4.04. The Hall–Kier alpha value is -1.63. The molecule has 1 N–H and O–H groups in total. The summed E-state index contributed by atoms with van der Waals surface area (Å²) < 4.78 is 0. The van der Waals surface area contributed by atoms with E-state index in [9.17, 15) is 0 Å². The first-order chi connectivity index (χ1) is 7.19. The van der Waals surface area contributed by atoms with Crippen LogP contribution in [0, 0.1) is 17.2 Å². The molecule has 80 valence electrons. The molecule has 2 atom stereocenters. The summed E-state index contributed by atoms with van der Waals surface area (Å²) in [5, 5.41) is 19.8. The lowest BCUT2D eigenvalue weighted by molar-refractivity contribution is 0.493. The van der Waals surface area contributed by atoms with Gasteiger partial charge in [0.25, 0.3) is 0 Å². The van der Waals surface area contributed by atoms with Crippen molar-refractivity contribution >= 4 is 5.82 Å². The number of aromatic nitrogens is 2. The number of nitriles is 1. The van der Waals surface area contributed by atoms with Crippen LogP contribution in [0.1, 0.15) is 32.8 Å². The molecule has 0 aliphatic rings. The lowest BCUT2D eigenvalue weighted by atomic mass is 10.0. The summed E-state index contributed by atoms with van der Waals surface area (Å²) >= 11 is 0. The van der Waals surface area contributed by atoms with Crippen LogP contribution in [0.2, 0.25) is 0 Å². The third-order valence-corrected chi connectivity index (χ3v) is 2.70. The second-order valence-electron chi connectivity index (χ2n) is 3.72. The fourth-order valence-electron chi connectivity index (χ4n) is 1.24. The maximum atomic E-state index is 8.87. The van der Waals surface area contributed by atoms with E-state index in [1.165, 1.54) is 6.20 Å². The van der Waals surface area contributed by atoms with Gasteiger partial charge in [-0.25, -0.2) is 0 Å². The molecule has 1 heterocycles. The predicted octanol–water partition coefficient (Wildman–Crippen LogP) is 2.19. The first-order valence-electron chi connectivity index (χ1n) is 5.17. The van der Waals surface area contributed by atoms with Crippen molar-refractivity contribution in [2.24, 2.45) is 5.92 Å². The molecule has 1 aromatic rings. The molecule has 15 heavy (non-hydrogen) atoms. The third-order valence-electron chi connectivity index (χ3n) is 2.70. The molecule has 0 radical (unpaired) electrons. The molecule has 2 unspecified atom stereocenters. The summed E-state index contributed by atoms with van der Waals surface area (Å²) in [5.41, 5.74) is 0.542. The van der Waals surface area contributed by atoms with Crippen molar-refractivity contribution < 1.29 is 0 Å². The topological polar surface area (TPSA) is 61.6 Å². The van der Waals surface area contributed by atoms with E-state index in [1.807, 2.05) is 0 Å². The van der Waals surface area contributed by atoms with Crippen LogP contribution in [0.15, 0.2) is 12.3 Å². The van der Waals surface area contributed by atoms with E-state index in [1.54, 1.807) is 6.07 Å². The molecule has 0 aliphatic heterocycles. The van der Waals surface area contributed by atoms with Gasteiger partial charge in [0.15, 0.2) is 5.82 Å². The molecule has 1 aromatic heterocycles. The zero-order valence-corrected chi connectivity index (χ0v) is 9.36. The Labute approximate surface area is 90.3 Å². The van der Waals surface area contributed by atoms with Crippen molar-refractivity contribution in [3.8, 4) is 6.07 Å². The summed E-state index contributed by atoms with van der Waals surface area (Å²) in [6.45, 7) is 6.40. The Balaban J connectivity index is 2.77. The minimum atomic E-state index is 0.291. The van der Waals surface area contributed by atoms with Crippen LogP contribution in [-0.2, 0) is 0 Å². The van der Waals surface area contributed by atoms with E-state index in [2.05, 4.69) is 42.4 Å². The Morgan fingerprint density at radius 3 is 2.87 bits per heavy atom. The molecule has 0 aromatic carbocycles. The Morgan fingerprint density at radius 1 is 1.53 bits per heavy atom. The normalized spacial score (nSPS) is 14.0. The van der Waals surface area contributed by atoms with Gasteiger partial charge in [-0.3, -0.25) is 0 Å². The molecule has 0 aliphatic carbocycles. The fraction of sp³-hybridized carbons (Fsp3) is 0.545. The van der Waals surface area contributed by atoms with Crippen LogP contribution in [0.4, 0.5) is 5.82 Å². The Morgan fingerprint density at radius 2 is 2.27 bits per heavy atom. The lowest BCUT2D eigenvalue weighted by Crippen LogP contribution is -2.24. The highest BCUT2D eigenvalue weighted by Crippen LogP contribution is 2.15. The Bertz CT molecular complexity index is 356. The van der Waals surface area contributed by atoms with Crippen LogP contribution >= 0.6 is 0 Å². The van der Waals surface area contributed by atoms with Gasteiger partial charge in [-0.15, -0.1) is 5.10 Å². The smallest absolute Gasteiger partial charge is 0.166 e. The van der Waals surface area contributed by atoms with Gasteiger partial charge in [-0.05, 0) is 18.9 Å². The van der Waals surface area contributed by atoms with E-state index < -0.39 is 0 Å². The molecule has 0 amide bonds. The van der Waals surface area contributed by atoms with Crippen LogP contribution < -0.4 is 5.32 Å². The van der Waals surface area contributed by atoms with E-state index in [0.29, 0.717) is 23.3 Å². The summed E-state index contributed by atoms with van der Waals surface area (Å²) in [7, 11) is 0. The van der Waals surface area contributed by atoms with Crippen molar-refractivity contribution in [3.63, 3.8) is 0 Å². The zero-order chi connectivity index (χ0) is 11.3. The monoisotopic (exact) mass is 204 g/mol. The van der Waals surface area contributed by atoms with Gasteiger partial charge in [-0.1, -0.05) is 20.3 Å². The minimum absolute atomic E-state index is 0.291. The number of hydrogen-bond acceptors (Lipinski definition) is 4. The SMILES string of the molecule is CCC(C)C(C)Nc1nnccc1C#N. The average molecular weight is 204 g/mol. The minimum Gasteiger partial charge on any atom is -0.365 e. The van der Waals surface area contributed by atoms with Crippen molar-refractivity contribution in [3.05, 3.63) is 17.8 Å². The highest BCUT2D eigenvalue weighted by atomic mass is 15.2. The van der Waals surface area contributed by atoms with Gasteiger partial charge in [0.05, 0.1) is 11.8 Å². The summed E-state index contributed by atoms with van der Waals surface area (Å²) in [6, 6.07) is 4.05. The van der Waals surface area contributed by atoms with Gasteiger partial charge in [-0.2, -0.15) is 10.4 Å². The maximum Gasteiger partial charge on any atom is 0.166 e. The molecule has 1 rings (SSSR count). The van der Waals surface area contributed by atoms with Gasteiger partial charge in [0, 0.05) is 6.04 Å². The highest BCUT2D eigenvalue weighted by molar-refractivity contribution is 5.50.